The summed E-state index contributed by atoms with van der Waals surface area (Å²) in [5, 5.41) is 17.5. The summed E-state index contributed by atoms with van der Waals surface area (Å²) < 4.78 is 0. The molecular formula is C13H22N4O3. The molecule has 1 aromatic heterocycles. The second-order valence-electron chi connectivity index (χ2n) is 4.03. The first kappa shape index (κ1) is 17.7. The van der Waals surface area contributed by atoms with Gasteiger partial charge in [0.05, 0.1) is 12.5 Å². The normalized spacial score (nSPS) is 9.80. The van der Waals surface area contributed by atoms with Crippen molar-refractivity contribution in [3.8, 4) is 5.75 Å². The molecule has 0 fully saturated rings. The van der Waals surface area contributed by atoms with E-state index in [0.717, 1.165) is 0 Å². The van der Waals surface area contributed by atoms with Gasteiger partial charge in [-0.3, -0.25) is 4.98 Å². The molecule has 0 aliphatic carbocycles. The molecule has 0 aliphatic rings. The van der Waals surface area contributed by atoms with Crippen molar-refractivity contribution in [3.63, 3.8) is 0 Å². The molecule has 0 unspecified atom stereocenters. The fourth-order valence-electron chi connectivity index (χ4n) is 1.16. The van der Waals surface area contributed by atoms with E-state index in [-0.39, 0.29) is 5.75 Å². The molecule has 0 radical (unpaired) electrons. The summed E-state index contributed by atoms with van der Waals surface area (Å²) >= 11 is 0. The van der Waals surface area contributed by atoms with Crippen LogP contribution in [-0.2, 0) is 0 Å². The maximum Gasteiger partial charge on any atom is 0.407 e. The number of amides is 1. The quantitative estimate of drug-likeness (QED) is 0.651. The summed E-state index contributed by atoms with van der Waals surface area (Å²) in [5.74, 6) is 0.0931. The summed E-state index contributed by atoms with van der Waals surface area (Å²) in [6, 6.07) is 1.65. The van der Waals surface area contributed by atoms with Crippen LogP contribution < -0.4 is 0 Å². The Morgan fingerprint density at radius 2 is 2.00 bits per heavy atom. The van der Waals surface area contributed by atoms with E-state index in [1.165, 1.54) is 11.1 Å². The number of pyridine rings is 1. The first-order chi connectivity index (χ1) is 9.42. The molecule has 1 amide bonds. The van der Waals surface area contributed by atoms with Crippen molar-refractivity contribution in [1.29, 1.82) is 0 Å². The lowest BCUT2D eigenvalue weighted by molar-refractivity contribution is 0.150. The van der Waals surface area contributed by atoms with Crippen molar-refractivity contribution in [3.05, 3.63) is 18.5 Å². The van der Waals surface area contributed by atoms with Crippen LogP contribution in [0.1, 0.15) is 13.8 Å². The Labute approximate surface area is 119 Å². The molecule has 0 aromatic carbocycles. The topological polar surface area (TPSA) is 89.3 Å². The zero-order chi connectivity index (χ0) is 15.5. The number of aromatic nitrogens is 1. The van der Waals surface area contributed by atoms with Gasteiger partial charge in [-0.2, -0.15) is 0 Å². The SMILES string of the molecule is CCN(CC)C(=O)O.CN(C)C=Nc1ccncc1O. The summed E-state index contributed by atoms with van der Waals surface area (Å²) in [5.41, 5.74) is 0.527. The number of hydrogen-bond acceptors (Lipinski definition) is 4. The number of carboxylic acid groups (broad SMARTS) is 1. The molecule has 7 heteroatoms. The van der Waals surface area contributed by atoms with E-state index in [4.69, 9.17) is 5.11 Å². The molecule has 0 spiro atoms. The van der Waals surface area contributed by atoms with E-state index in [1.54, 1.807) is 23.5 Å². The fraction of sp³-hybridized carbons (Fsp3) is 0.462. The molecule has 0 saturated heterocycles. The molecule has 0 saturated carbocycles. The zero-order valence-electron chi connectivity index (χ0n) is 12.3. The number of aromatic hydroxyl groups is 1. The van der Waals surface area contributed by atoms with Gasteiger partial charge >= 0.3 is 6.09 Å². The molecule has 20 heavy (non-hydrogen) atoms. The van der Waals surface area contributed by atoms with Crippen LogP contribution in [0.2, 0.25) is 0 Å². The van der Waals surface area contributed by atoms with Crippen molar-refractivity contribution in [2.45, 2.75) is 13.8 Å². The lowest BCUT2D eigenvalue weighted by Gasteiger charge is -2.12. The smallest absolute Gasteiger partial charge is 0.407 e. The van der Waals surface area contributed by atoms with Crippen molar-refractivity contribution in [1.82, 2.24) is 14.8 Å². The molecule has 112 valence electrons. The molecule has 0 bridgehead atoms. The Balaban J connectivity index is 0.000000396. The predicted octanol–water partition coefficient (Wildman–Crippen LogP) is 2.01. The van der Waals surface area contributed by atoms with Crippen molar-refractivity contribution in [2.75, 3.05) is 27.2 Å². The number of carbonyl (C=O) groups is 1. The molecule has 0 atom stereocenters. The molecule has 1 heterocycles. The summed E-state index contributed by atoms with van der Waals surface area (Å²) in [6.45, 7) is 4.78. The van der Waals surface area contributed by atoms with Gasteiger partial charge in [0, 0.05) is 33.4 Å². The Hall–Kier alpha value is -2.31. The van der Waals surface area contributed by atoms with E-state index in [0.29, 0.717) is 18.8 Å². The first-order valence-corrected chi connectivity index (χ1v) is 6.23. The molecular weight excluding hydrogens is 260 g/mol. The highest BCUT2D eigenvalue weighted by Crippen LogP contribution is 2.22. The predicted molar refractivity (Wildman–Crippen MR) is 78.7 cm³/mol. The first-order valence-electron chi connectivity index (χ1n) is 6.23. The van der Waals surface area contributed by atoms with Crippen LogP contribution >= 0.6 is 0 Å². The number of aliphatic imine (C=N–C) groups is 1. The van der Waals surface area contributed by atoms with E-state index in [2.05, 4.69) is 9.98 Å². The Morgan fingerprint density at radius 3 is 2.35 bits per heavy atom. The van der Waals surface area contributed by atoms with Crippen LogP contribution in [0.5, 0.6) is 5.75 Å². The number of nitrogens with zero attached hydrogens (tertiary/aromatic N) is 4. The average Bonchev–Trinajstić information content (AvgIpc) is 2.39. The zero-order valence-corrected chi connectivity index (χ0v) is 12.3. The van der Waals surface area contributed by atoms with Gasteiger partial charge in [-0.1, -0.05) is 0 Å². The summed E-state index contributed by atoms with van der Waals surface area (Å²) in [7, 11) is 3.73. The highest BCUT2D eigenvalue weighted by molar-refractivity contribution is 5.64. The monoisotopic (exact) mass is 282 g/mol. The third kappa shape index (κ3) is 7.20. The second-order valence-corrected chi connectivity index (χ2v) is 4.03. The Kier molecular flexibility index (Phi) is 8.49. The minimum atomic E-state index is -0.838. The minimum absolute atomic E-state index is 0.0931. The number of rotatable bonds is 4. The third-order valence-corrected chi connectivity index (χ3v) is 2.24. The van der Waals surface area contributed by atoms with Gasteiger partial charge in [0.25, 0.3) is 0 Å². The van der Waals surface area contributed by atoms with E-state index >= 15 is 0 Å². The molecule has 1 aromatic rings. The van der Waals surface area contributed by atoms with Gasteiger partial charge in [0.2, 0.25) is 0 Å². The summed E-state index contributed by atoms with van der Waals surface area (Å²) in [4.78, 5) is 21.0. The lowest BCUT2D eigenvalue weighted by atomic mass is 10.4. The number of hydrogen-bond donors (Lipinski definition) is 2. The van der Waals surface area contributed by atoms with Gasteiger partial charge < -0.3 is 20.0 Å². The largest absolute Gasteiger partial charge is 0.504 e. The second kappa shape index (κ2) is 9.60. The van der Waals surface area contributed by atoms with Crippen LogP contribution in [0, 0.1) is 0 Å². The van der Waals surface area contributed by atoms with Gasteiger partial charge in [-0.25, -0.2) is 9.79 Å². The highest BCUT2D eigenvalue weighted by Gasteiger charge is 2.03. The minimum Gasteiger partial charge on any atom is -0.504 e. The Bertz CT molecular complexity index is 431. The maximum absolute atomic E-state index is 10.1. The molecule has 1 rings (SSSR count). The Morgan fingerprint density at radius 1 is 1.40 bits per heavy atom. The van der Waals surface area contributed by atoms with Crippen molar-refractivity contribution >= 4 is 18.1 Å². The maximum atomic E-state index is 10.1. The van der Waals surface area contributed by atoms with E-state index in [1.807, 2.05) is 27.9 Å². The molecule has 7 nitrogen and oxygen atoms in total. The van der Waals surface area contributed by atoms with Gasteiger partial charge in [-0.15, -0.1) is 0 Å². The highest BCUT2D eigenvalue weighted by atomic mass is 16.4. The molecule has 2 N–H and O–H groups in total. The van der Waals surface area contributed by atoms with Crippen LogP contribution in [0.3, 0.4) is 0 Å². The van der Waals surface area contributed by atoms with E-state index in [9.17, 15) is 9.90 Å². The van der Waals surface area contributed by atoms with Gasteiger partial charge in [-0.05, 0) is 19.9 Å². The van der Waals surface area contributed by atoms with Gasteiger partial charge in [0.1, 0.15) is 5.69 Å². The van der Waals surface area contributed by atoms with Crippen LogP contribution in [0.4, 0.5) is 10.5 Å². The van der Waals surface area contributed by atoms with E-state index < -0.39 is 6.09 Å². The lowest BCUT2D eigenvalue weighted by Crippen LogP contribution is -2.28. The van der Waals surface area contributed by atoms with Crippen molar-refractivity contribution < 1.29 is 15.0 Å². The van der Waals surface area contributed by atoms with Gasteiger partial charge in [0.15, 0.2) is 5.75 Å². The van der Waals surface area contributed by atoms with Crippen LogP contribution in [-0.4, -0.2) is 64.6 Å². The fourth-order valence-corrected chi connectivity index (χ4v) is 1.16. The standard InChI is InChI=1S/C8H11N3O.C5H11NO2/c1-11(2)6-10-7-3-4-9-5-8(7)12;1-3-6(4-2)5(7)8/h3-6,12H,1-2H3;3-4H2,1-2H3,(H,7,8). The average molecular weight is 282 g/mol. The van der Waals surface area contributed by atoms with Crippen LogP contribution in [0.15, 0.2) is 23.5 Å². The van der Waals surface area contributed by atoms with Crippen molar-refractivity contribution in [2.24, 2.45) is 4.99 Å². The van der Waals surface area contributed by atoms with Crippen LogP contribution in [0.25, 0.3) is 0 Å². The molecule has 0 aliphatic heterocycles. The third-order valence-electron chi connectivity index (χ3n) is 2.24. The summed E-state index contributed by atoms with van der Waals surface area (Å²) in [6.07, 6.45) is 3.73.